The van der Waals surface area contributed by atoms with E-state index in [0.29, 0.717) is 0 Å². The quantitative estimate of drug-likeness (QED) is 0.641. The molecule has 0 saturated heterocycles. The van der Waals surface area contributed by atoms with Crippen LogP contribution in [-0.2, 0) is 12.8 Å². The maximum absolute atomic E-state index is 12.8. The summed E-state index contributed by atoms with van der Waals surface area (Å²) in [5, 5.41) is 8.52. The third-order valence-electron chi connectivity index (χ3n) is 1.77. The van der Waals surface area contributed by atoms with Crippen molar-refractivity contribution < 1.29 is 31.4 Å². The van der Waals surface area contributed by atoms with E-state index in [4.69, 9.17) is 5.11 Å². The fourth-order valence-electron chi connectivity index (χ4n) is 1.06. The number of pyridine rings is 1. The Balaban J connectivity index is 3.41. The summed E-state index contributed by atoms with van der Waals surface area (Å²) in [6, 6.07) is -0.0431. The highest BCUT2D eigenvalue weighted by Crippen LogP contribution is 2.34. The van der Waals surface area contributed by atoms with Crippen LogP contribution in [0.15, 0.2) is 6.07 Å². The van der Waals surface area contributed by atoms with E-state index >= 15 is 0 Å². The molecule has 0 spiro atoms. The molecule has 1 aromatic rings. The molecule has 1 heterocycles. The minimum absolute atomic E-state index is 0.0431. The third-order valence-corrected chi connectivity index (χ3v) is 1.77. The molecule has 0 amide bonds. The second-order valence-corrected chi connectivity index (χ2v) is 2.82. The van der Waals surface area contributed by atoms with Crippen molar-refractivity contribution >= 4 is 0 Å². The summed E-state index contributed by atoms with van der Waals surface area (Å²) in [4.78, 5) is 2.66. The number of hydrogen-bond acceptors (Lipinski definition) is 2. The number of nitrogens with zero attached hydrogens (tertiary/aromatic N) is 1. The van der Waals surface area contributed by atoms with E-state index in [1.165, 1.54) is 0 Å². The average Bonchev–Trinajstić information content (AvgIpc) is 2.14. The van der Waals surface area contributed by atoms with Gasteiger partial charge in [-0.05, 0) is 6.07 Å². The van der Waals surface area contributed by atoms with Gasteiger partial charge in [0.1, 0.15) is 0 Å². The van der Waals surface area contributed by atoms with Gasteiger partial charge < -0.3 is 5.11 Å². The fourth-order valence-corrected chi connectivity index (χ4v) is 1.06. The van der Waals surface area contributed by atoms with E-state index < -0.39 is 42.0 Å². The number of rotatable bonds is 2. The lowest BCUT2D eigenvalue weighted by molar-refractivity contribution is -0.139. The van der Waals surface area contributed by atoms with Crippen molar-refractivity contribution in [1.82, 2.24) is 4.98 Å². The molecule has 16 heavy (non-hydrogen) atoms. The molecular weight excluding hydrogens is 240 g/mol. The molecule has 1 N–H and O–H groups in total. The van der Waals surface area contributed by atoms with Crippen LogP contribution in [0.4, 0.5) is 26.3 Å². The predicted octanol–water partition coefficient (Wildman–Crippen LogP) is 2.67. The van der Waals surface area contributed by atoms with Gasteiger partial charge in [-0.15, -0.1) is 0 Å². The van der Waals surface area contributed by atoms with Crippen molar-refractivity contribution in [2.45, 2.75) is 19.2 Å². The largest absolute Gasteiger partial charge is 0.418 e. The van der Waals surface area contributed by atoms with E-state index in [1.807, 2.05) is 0 Å². The van der Waals surface area contributed by atoms with Gasteiger partial charge in [0.05, 0.1) is 23.4 Å². The monoisotopic (exact) mass is 245 g/mol. The van der Waals surface area contributed by atoms with Crippen LogP contribution in [0.1, 0.15) is 23.2 Å². The first-order valence-corrected chi connectivity index (χ1v) is 3.93. The number of aliphatic hydroxyl groups excluding tert-OH is 1. The zero-order valence-electron chi connectivity index (χ0n) is 7.52. The second-order valence-electron chi connectivity index (χ2n) is 2.82. The molecule has 1 rings (SSSR count). The van der Waals surface area contributed by atoms with Gasteiger partial charge >= 0.3 is 6.18 Å². The first-order valence-electron chi connectivity index (χ1n) is 3.93. The van der Waals surface area contributed by atoms with Crippen LogP contribution in [0.3, 0.4) is 0 Å². The van der Waals surface area contributed by atoms with Gasteiger partial charge in [0, 0.05) is 0 Å². The highest BCUT2D eigenvalue weighted by molar-refractivity contribution is 5.29. The van der Waals surface area contributed by atoms with Gasteiger partial charge in [-0.3, -0.25) is 0 Å². The lowest BCUT2D eigenvalue weighted by Gasteiger charge is -2.12. The van der Waals surface area contributed by atoms with Crippen molar-refractivity contribution in [2.24, 2.45) is 0 Å². The number of hydrogen-bond donors (Lipinski definition) is 1. The Labute approximate surface area is 85.5 Å². The Kier molecular flexibility index (Phi) is 3.41. The highest BCUT2D eigenvalue weighted by atomic mass is 19.4. The molecule has 0 aromatic carbocycles. The minimum atomic E-state index is -4.97. The maximum atomic E-state index is 12.8. The second kappa shape index (κ2) is 4.28. The van der Waals surface area contributed by atoms with Crippen molar-refractivity contribution in [2.75, 3.05) is 0 Å². The Morgan fingerprint density at radius 3 is 2.25 bits per heavy atom. The number of alkyl halides is 5. The van der Waals surface area contributed by atoms with Gasteiger partial charge in [0.25, 0.3) is 6.43 Å². The molecular formula is C8H5F6NO. The minimum Gasteiger partial charge on any atom is -0.390 e. The van der Waals surface area contributed by atoms with Crippen LogP contribution in [0, 0.1) is 5.95 Å². The van der Waals surface area contributed by atoms with Gasteiger partial charge in [-0.25, -0.2) is 13.8 Å². The summed E-state index contributed by atoms with van der Waals surface area (Å²) in [6.45, 7) is -1.19. The van der Waals surface area contributed by atoms with E-state index in [1.54, 1.807) is 0 Å². The topological polar surface area (TPSA) is 33.1 Å². The maximum Gasteiger partial charge on any atom is 0.418 e. The molecule has 2 nitrogen and oxygen atoms in total. The molecule has 0 bridgehead atoms. The van der Waals surface area contributed by atoms with Crippen molar-refractivity contribution in [3.05, 3.63) is 28.8 Å². The summed E-state index contributed by atoms with van der Waals surface area (Å²) < 4.78 is 73.9. The first kappa shape index (κ1) is 12.8. The van der Waals surface area contributed by atoms with Crippen LogP contribution >= 0.6 is 0 Å². The summed E-state index contributed by atoms with van der Waals surface area (Å²) in [6.07, 6.45) is -8.37. The number of halogens is 6. The normalized spacial score (nSPS) is 12.2. The molecule has 8 heteroatoms. The molecule has 90 valence electrons. The van der Waals surface area contributed by atoms with E-state index in [2.05, 4.69) is 4.98 Å². The van der Waals surface area contributed by atoms with Crippen LogP contribution in [-0.4, -0.2) is 10.1 Å². The van der Waals surface area contributed by atoms with Gasteiger partial charge in [-0.2, -0.15) is 17.6 Å². The molecule has 0 radical (unpaired) electrons. The van der Waals surface area contributed by atoms with Crippen molar-refractivity contribution in [1.29, 1.82) is 0 Å². The summed E-state index contributed by atoms with van der Waals surface area (Å²) >= 11 is 0. The standard InChI is InChI=1S/C8H5F6NO/c9-6(10)3-1-4(8(12,13)14)5(2-16)15-7(3)11/h1,6,16H,2H2. The molecule has 0 fully saturated rings. The van der Waals surface area contributed by atoms with E-state index in [-0.39, 0.29) is 6.07 Å². The third kappa shape index (κ3) is 2.43. The van der Waals surface area contributed by atoms with Gasteiger partial charge in [-0.1, -0.05) is 0 Å². The summed E-state index contributed by atoms with van der Waals surface area (Å²) in [5.41, 5.74) is -4.02. The zero-order valence-corrected chi connectivity index (χ0v) is 7.52. The number of aromatic nitrogens is 1. The molecule has 0 saturated carbocycles. The van der Waals surface area contributed by atoms with Crippen molar-refractivity contribution in [3.8, 4) is 0 Å². The van der Waals surface area contributed by atoms with Crippen LogP contribution in [0.2, 0.25) is 0 Å². The SMILES string of the molecule is OCc1nc(F)c(C(F)F)cc1C(F)(F)F. The lowest BCUT2D eigenvalue weighted by atomic mass is 10.1. The van der Waals surface area contributed by atoms with Crippen LogP contribution in [0.5, 0.6) is 0 Å². The highest BCUT2D eigenvalue weighted by Gasteiger charge is 2.36. The Morgan fingerprint density at radius 1 is 1.31 bits per heavy atom. The summed E-state index contributed by atoms with van der Waals surface area (Å²) in [7, 11) is 0. The fraction of sp³-hybridized carbons (Fsp3) is 0.375. The van der Waals surface area contributed by atoms with Crippen molar-refractivity contribution in [3.63, 3.8) is 0 Å². The lowest BCUT2D eigenvalue weighted by Crippen LogP contribution is -2.14. The van der Waals surface area contributed by atoms with E-state index in [0.717, 1.165) is 0 Å². The molecule has 0 atom stereocenters. The zero-order chi connectivity index (χ0) is 12.5. The molecule has 0 unspecified atom stereocenters. The van der Waals surface area contributed by atoms with E-state index in [9.17, 15) is 26.3 Å². The molecule has 0 aliphatic carbocycles. The smallest absolute Gasteiger partial charge is 0.390 e. The molecule has 1 aromatic heterocycles. The van der Waals surface area contributed by atoms with Gasteiger partial charge in [0.2, 0.25) is 5.95 Å². The predicted molar refractivity (Wildman–Crippen MR) is 40.1 cm³/mol. The van der Waals surface area contributed by atoms with Gasteiger partial charge in [0.15, 0.2) is 0 Å². The Morgan fingerprint density at radius 2 is 1.88 bits per heavy atom. The Hall–Kier alpha value is -1.31. The average molecular weight is 245 g/mol. The first-order chi connectivity index (χ1) is 7.27. The Bertz CT molecular complexity index is 389. The number of aliphatic hydroxyl groups is 1. The molecule has 0 aliphatic rings. The van der Waals surface area contributed by atoms with Crippen LogP contribution in [0.25, 0.3) is 0 Å². The summed E-state index contributed by atoms with van der Waals surface area (Å²) in [5.74, 6) is -1.72. The molecule has 0 aliphatic heterocycles. The van der Waals surface area contributed by atoms with Crippen LogP contribution < -0.4 is 0 Å².